The number of aromatic nitrogens is 2. The molecule has 0 amide bonds. The third kappa shape index (κ3) is 3.14. The summed E-state index contributed by atoms with van der Waals surface area (Å²) in [6.45, 7) is 4.56. The molecule has 0 saturated heterocycles. The first kappa shape index (κ1) is 13.6. The van der Waals surface area contributed by atoms with E-state index in [0.717, 1.165) is 5.92 Å². The average Bonchev–Trinajstić information content (AvgIpc) is 2.83. The molecule has 0 bridgehead atoms. The van der Waals surface area contributed by atoms with Crippen LogP contribution in [0.3, 0.4) is 0 Å². The standard InChI is InChI=1S/C15H27N3/c1-4-14(13-8-6-5-7-9-13)17-12(2)15-10-11-16-18(15)3/h10-14,17H,4-9H2,1-3H3. The van der Waals surface area contributed by atoms with Crippen molar-refractivity contribution in [1.82, 2.24) is 15.1 Å². The second-order valence-corrected chi connectivity index (χ2v) is 5.68. The Hall–Kier alpha value is -0.830. The van der Waals surface area contributed by atoms with Crippen LogP contribution in [0.2, 0.25) is 0 Å². The largest absolute Gasteiger partial charge is 0.306 e. The highest BCUT2D eigenvalue weighted by molar-refractivity contribution is 5.05. The van der Waals surface area contributed by atoms with Gasteiger partial charge in [0, 0.05) is 25.3 Å². The predicted octanol–water partition coefficient (Wildman–Crippen LogP) is 3.43. The Balaban J connectivity index is 1.95. The molecule has 0 aliphatic heterocycles. The van der Waals surface area contributed by atoms with E-state index in [9.17, 15) is 0 Å². The van der Waals surface area contributed by atoms with E-state index >= 15 is 0 Å². The summed E-state index contributed by atoms with van der Waals surface area (Å²) in [5, 5.41) is 8.08. The van der Waals surface area contributed by atoms with Crippen molar-refractivity contribution in [3.63, 3.8) is 0 Å². The van der Waals surface area contributed by atoms with Crippen molar-refractivity contribution in [2.24, 2.45) is 13.0 Å². The van der Waals surface area contributed by atoms with Crippen LogP contribution in [0.4, 0.5) is 0 Å². The first-order chi connectivity index (χ1) is 8.72. The summed E-state index contributed by atoms with van der Waals surface area (Å²) >= 11 is 0. The maximum Gasteiger partial charge on any atom is 0.0547 e. The fraction of sp³-hybridized carbons (Fsp3) is 0.800. The van der Waals surface area contributed by atoms with Crippen LogP contribution in [0, 0.1) is 5.92 Å². The van der Waals surface area contributed by atoms with E-state index in [-0.39, 0.29) is 0 Å². The molecule has 0 radical (unpaired) electrons. The Kier molecular flexibility index (Phi) is 4.81. The van der Waals surface area contributed by atoms with Crippen molar-refractivity contribution in [2.75, 3.05) is 0 Å². The van der Waals surface area contributed by atoms with E-state index in [4.69, 9.17) is 0 Å². The monoisotopic (exact) mass is 249 g/mol. The average molecular weight is 249 g/mol. The zero-order valence-corrected chi connectivity index (χ0v) is 12.0. The van der Waals surface area contributed by atoms with E-state index in [1.165, 1.54) is 44.2 Å². The van der Waals surface area contributed by atoms with Crippen LogP contribution in [0.15, 0.2) is 12.3 Å². The molecular weight excluding hydrogens is 222 g/mol. The molecule has 2 unspecified atom stereocenters. The number of hydrogen-bond acceptors (Lipinski definition) is 2. The molecule has 1 heterocycles. The molecule has 18 heavy (non-hydrogen) atoms. The Bertz CT molecular complexity index is 352. The molecule has 1 aromatic rings. The molecule has 1 aromatic heterocycles. The fourth-order valence-corrected chi connectivity index (χ4v) is 3.34. The number of nitrogens with one attached hydrogen (secondary N) is 1. The van der Waals surface area contributed by atoms with E-state index in [1.54, 1.807) is 0 Å². The molecule has 2 atom stereocenters. The predicted molar refractivity (Wildman–Crippen MR) is 75.4 cm³/mol. The molecule has 1 saturated carbocycles. The van der Waals surface area contributed by atoms with Crippen molar-refractivity contribution >= 4 is 0 Å². The third-order valence-corrected chi connectivity index (χ3v) is 4.43. The Morgan fingerprint density at radius 2 is 2.11 bits per heavy atom. The summed E-state index contributed by atoms with van der Waals surface area (Å²) in [5.74, 6) is 0.874. The lowest BCUT2D eigenvalue weighted by Crippen LogP contribution is -2.38. The van der Waals surface area contributed by atoms with Crippen LogP contribution in [0.25, 0.3) is 0 Å². The second kappa shape index (κ2) is 6.37. The van der Waals surface area contributed by atoms with Gasteiger partial charge in [-0.25, -0.2) is 0 Å². The van der Waals surface area contributed by atoms with Crippen LogP contribution < -0.4 is 5.32 Å². The summed E-state index contributed by atoms with van der Waals surface area (Å²) in [6.07, 6.45) is 10.2. The van der Waals surface area contributed by atoms with Gasteiger partial charge in [-0.2, -0.15) is 5.10 Å². The van der Waals surface area contributed by atoms with Gasteiger partial charge < -0.3 is 5.32 Å². The van der Waals surface area contributed by atoms with Gasteiger partial charge >= 0.3 is 0 Å². The Morgan fingerprint density at radius 3 is 2.67 bits per heavy atom. The zero-order chi connectivity index (χ0) is 13.0. The number of nitrogens with zero attached hydrogens (tertiary/aromatic N) is 2. The maximum atomic E-state index is 4.26. The quantitative estimate of drug-likeness (QED) is 0.866. The highest BCUT2D eigenvalue weighted by Crippen LogP contribution is 2.29. The minimum atomic E-state index is 0.393. The van der Waals surface area contributed by atoms with Gasteiger partial charge in [0.25, 0.3) is 0 Å². The molecule has 0 aromatic carbocycles. The summed E-state index contributed by atoms with van der Waals surface area (Å²) in [4.78, 5) is 0. The lowest BCUT2D eigenvalue weighted by atomic mass is 9.82. The molecule has 102 valence electrons. The highest BCUT2D eigenvalue weighted by atomic mass is 15.3. The molecular formula is C15H27N3. The maximum absolute atomic E-state index is 4.26. The first-order valence-corrected chi connectivity index (χ1v) is 7.46. The van der Waals surface area contributed by atoms with E-state index in [1.807, 2.05) is 17.9 Å². The van der Waals surface area contributed by atoms with Crippen molar-refractivity contribution in [3.8, 4) is 0 Å². The van der Waals surface area contributed by atoms with Gasteiger partial charge in [-0.15, -0.1) is 0 Å². The second-order valence-electron chi connectivity index (χ2n) is 5.68. The van der Waals surface area contributed by atoms with Crippen LogP contribution >= 0.6 is 0 Å². The smallest absolute Gasteiger partial charge is 0.0547 e. The molecule has 3 heteroatoms. The van der Waals surface area contributed by atoms with Crippen LogP contribution in [-0.2, 0) is 7.05 Å². The van der Waals surface area contributed by atoms with Crippen molar-refractivity contribution in [3.05, 3.63) is 18.0 Å². The Morgan fingerprint density at radius 1 is 1.39 bits per heavy atom. The Labute approximate surface area is 111 Å². The zero-order valence-electron chi connectivity index (χ0n) is 12.0. The molecule has 0 spiro atoms. The van der Waals surface area contributed by atoms with E-state index in [0.29, 0.717) is 12.1 Å². The lowest BCUT2D eigenvalue weighted by molar-refractivity contribution is 0.247. The van der Waals surface area contributed by atoms with Gasteiger partial charge in [-0.05, 0) is 38.2 Å². The first-order valence-electron chi connectivity index (χ1n) is 7.46. The van der Waals surface area contributed by atoms with Gasteiger partial charge in [0.05, 0.1) is 5.69 Å². The van der Waals surface area contributed by atoms with Crippen LogP contribution in [-0.4, -0.2) is 15.8 Å². The van der Waals surface area contributed by atoms with Crippen molar-refractivity contribution < 1.29 is 0 Å². The van der Waals surface area contributed by atoms with Gasteiger partial charge in [0.1, 0.15) is 0 Å². The van der Waals surface area contributed by atoms with Crippen molar-refractivity contribution in [1.29, 1.82) is 0 Å². The summed E-state index contributed by atoms with van der Waals surface area (Å²) in [5.41, 5.74) is 1.28. The van der Waals surface area contributed by atoms with Gasteiger partial charge in [0.2, 0.25) is 0 Å². The number of rotatable bonds is 5. The molecule has 1 aliphatic rings. The van der Waals surface area contributed by atoms with E-state index in [2.05, 4.69) is 30.3 Å². The minimum Gasteiger partial charge on any atom is -0.306 e. The topological polar surface area (TPSA) is 29.9 Å². The summed E-state index contributed by atoms with van der Waals surface area (Å²) < 4.78 is 1.98. The van der Waals surface area contributed by atoms with Crippen LogP contribution in [0.5, 0.6) is 0 Å². The molecule has 3 nitrogen and oxygen atoms in total. The van der Waals surface area contributed by atoms with Gasteiger partial charge in [0.15, 0.2) is 0 Å². The third-order valence-electron chi connectivity index (χ3n) is 4.43. The summed E-state index contributed by atoms with van der Waals surface area (Å²) in [7, 11) is 2.02. The van der Waals surface area contributed by atoms with Gasteiger partial charge in [-0.3, -0.25) is 4.68 Å². The minimum absolute atomic E-state index is 0.393. The highest BCUT2D eigenvalue weighted by Gasteiger charge is 2.24. The molecule has 2 rings (SSSR count). The van der Waals surface area contributed by atoms with Crippen molar-refractivity contribution in [2.45, 2.75) is 64.5 Å². The fourth-order valence-electron chi connectivity index (χ4n) is 3.34. The lowest BCUT2D eigenvalue weighted by Gasteiger charge is -2.32. The van der Waals surface area contributed by atoms with Crippen LogP contribution in [0.1, 0.15) is 64.1 Å². The van der Waals surface area contributed by atoms with E-state index < -0.39 is 0 Å². The molecule has 1 fully saturated rings. The summed E-state index contributed by atoms with van der Waals surface area (Å²) in [6, 6.07) is 3.17. The number of aryl methyl sites for hydroxylation is 1. The number of hydrogen-bond donors (Lipinski definition) is 1. The van der Waals surface area contributed by atoms with Gasteiger partial charge in [-0.1, -0.05) is 26.2 Å². The molecule has 1 N–H and O–H groups in total. The normalized spacial score (nSPS) is 20.8. The molecule has 1 aliphatic carbocycles. The SMILES string of the molecule is CCC(NC(C)c1ccnn1C)C1CCCCC1.